The van der Waals surface area contributed by atoms with Crippen LogP contribution in [0.2, 0.25) is 5.02 Å². The molecule has 3 heteroatoms. The highest BCUT2D eigenvalue weighted by Gasteiger charge is 2.09. The van der Waals surface area contributed by atoms with Gasteiger partial charge in [0.1, 0.15) is 0 Å². The molecule has 0 spiro atoms. The van der Waals surface area contributed by atoms with Gasteiger partial charge in [0.05, 0.1) is 5.69 Å². The lowest BCUT2D eigenvalue weighted by Crippen LogP contribution is -1.91. The van der Waals surface area contributed by atoms with E-state index < -0.39 is 0 Å². The van der Waals surface area contributed by atoms with Crippen molar-refractivity contribution < 1.29 is 0 Å². The number of nitrogens with zero attached hydrogens (tertiary/aromatic N) is 2. The van der Waals surface area contributed by atoms with Gasteiger partial charge in [0.2, 0.25) is 0 Å². The van der Waals surface area contributed by atoms with Gasteiger partial charge >= 0.3 is 0 Å². The molecule has 1 aromatic heterocycles. The summed E-state index contributed by atoms with van der Waals surface area (Å²) in [6.07, 6.45) is 4.45. The SMILES string of the molecule is Cc1ccc(-c2n[c]ncc2-c2ccc(Cl)cc2)cc1. The lowest BCUT2D eigenvalue weighted by atomic mass is 10.0. The first-order chi connectivity index (χ1) is 9.74. The largest absolute Gasteiger partial charge is 0.233 e. The molecule has 0 atom stereocenters. The van der Waals surface area contributed by atoms with Gasteiger partial charge in [0, 0.05) is 22.3 Å². The normalized spacial score (nSPS) is 10.5. The first-order valence-electron chi connectivity index (χ1n) is 6.30. The molecule has 0 fully saturated rings. The molecular weight excluding hydrogens is 268 g/mol. The molecule has 0 saturated carbocycles. The zero-order valence-electron chi connectivity index (χ0n) is 11.0. The minimum atomic E-state index is 0.717. The monoisotopic (exact) mass is 279 g/mol. The van der Waals surface area contributed by atoms with E-state index in [4.69, 9.17) is 11.6 Å². The lowest BCUT2D eigenvalue weighted by molar-refractivity contribution is 1.15. The topological polar surface area (TPSA) is 25.8 Å². The second kappa shape index (κ2) is 5.43. The van der Waals surface area contributed by atoms with Crippen LogP contribution in [0.25, 0.3) is 22.4 Å². The third-order valence-corrected chi connectivity index (χ3v) is 3.40. The van der Waals surface area contributed by atoms with Crippen molar-refractivity contribution >= 4 is 11.6 Å². The van der Waals surface area contributed by atoms with Crippen LogP contribution in [0.5, 0.6) is 0 Å². The molecule has 0 aliphatic rings. The second-order valence-corrected chi connectivity index (χ2v) is 5.04. The summed E-state index contributed by atoms with van der Waals surface area (Å²) in [7, 11) is 0. The Hall–Kier alpha value is -2.19. The molecule has 2 nitrogen and oxygen atoms in total. The van der Waals surface area contributed by atoms with Gasteiger partial charge < -0.3 is 0 Å². The van der Waals surface area contributed by atoms with Crippen molar-refractivity contribution in [2.45, 2.75) is 6.92 Å². The summed E-state index contributed by atoms with van der Waals surface area (Å²) in [5.41, 5.74) is 5.17. The van der Waals surface area contributed by atoms with Gasteiger partial charge in [-0.2, -0.15) is 0 Å². The van der Waals surface area contributed by atoms with E-state index in [9.17, 15) is 0 Å². The van der Waals surface area contributed by atoms with Crippen LogP contribution in [0.1, 0.15) is 5.56 Å². The maximum absolute atomic E-state index is 5.94. The molecule has 0 amide bonds. The Morgan fingerprint density at radius 3 is 2.25 bits per heavy atom. The molecule has 0 aliphatic carbocycles. The summed E-state index contributed by atoms with van der Waals surface area (Å²) in [4.78, 5) is 8.33. The predicted octanol–water partition coefficient (Wildman–Crippen LogP) is 4.57. The summed E-state index contributed by atoms with van der Waals surface area (Å²) in [6, 6.07) is 15.9. The molecule has 20 heavy (non-hydrogen) atoms. The van der Waals surface area contributed by atoms with Gasteiger partial charge in [-0.15, -0.1) is 0 Å². The van der Waals surface area contributed by atoms with Crippen molar-refractivity contribution in [3.63, 3.8) is 0 Å². The molecule has 0 aliphatic heterocycles. The van der Waals surface area contributed by atoms with Crippen LogP contribution in [-0.4, -0.2) is 9.97 Å². The highest BCUT2D eigenvalue weighted by Crippen LogP contribution is 2.30. The molecule has 0 N–H and O–H groups in total. The fourth-order valence-electron chi connectivity index (χ4n) is 2.07. The third-order valence-electron chi connectivity index (χ3n) is 3.15. The van der Waals surface area contributed by atoms with Gasteiger partial charge in [-0.05, 0) is 24.6 Å². The number of aryl methyl sites for hydroxylation is 1. The van der Waals surface area contributed by atoms with Crippen LogP contribution >= 0.6 is 11.6 Å². The molecule has 1 heterocycles. The average Bonchev–Trinajstić information content (AvgIpc) is 2.49. The number of benzene rings is 2. The first-order valence-corrected chi connectivity index (χ1v) is 6.68. The molecule has 2 aromatic carbocycles. The number of halogens is 1. The van der Waals surface area contributed by atoms with E-state index in [1.165, 1.54) is 5.56 Å². The van der Waals surface area contributed by atoms with Crippen molar-refractivity contribution in [2.75, 3.05) is 0 Å². The summed E-state index contributed by atoms with van der Waals surface area (Å²) in [6.45, 7) is 2.07. The van der Waals surface area contributed by atoms with Crippen molar-refractivity contribution in [3.05, 3.63) is 71.6 Å². The van der Waals surface area contributed by atoms with Crippen molar-refractivity contribution in [3.8, 4) is 22.4 Å². The highest BCUT2D eigenvalue weighted by atomic mass is 35.5. The van der Waals surface area contributed by atoms with E-state index in [-0.39, 0.29) is 0 Å². The third kappa shape index (κ3) is 2.56. The summed E-state index contributed by atoms with van der Waals surface area (Å²) in [5.74, 6) is 0. The summed E-state index contributed by atoms with van der Waals surface area (Å²) in [5, 5.41) is 0.717. The van der Waals surface area contributed by atoms with Gasteiger partial charge in [0.15, 0.2) is 6.33 Å². The fourth-order valence-corrected chi connectivity index (χ4v) is 2.19. The van der Waals surface area contributed by atoms with E-state index in [1.54, 1.807) is 6.20 Å². The Bertz CT molecular complexity index is 654. The zero-order chi connectivity index (χ0) is 13.9. The van der Waals surface area contributed by atoms with Gasteiger partial charge in [-0.3, -0.25) is 0 Å². The van der Waals surface area contributed by atoms with E-state index in [1.807, 2.05) is 24.3 Å². The predicted molar refractivity (Wildman–Crippen MR) is 81.5 cm³/mol. The van der Waals surface area contributed by atoms with Gasteiger partial charge in [-0.25, -0.2) is 9.97 Å². The van der Waals surface area contributed by atoms with Crippen LogP contribution in [0.15, 0.2) is 54.7 Å². The number of aromatic nitrogens is 2. The molecule has 97 valence electrons. The van der Waals surface area contributed by atoms with E-state index in [2.05, 4.69) is 47.5 Å². The average molecular weight is 280 g/mol. The fraction of sp³-hybridized carbons (Fsp3) is 0.0588. The summed E-state index contributed by atoms with van der Waals surface area (Å²) >= 11 is 5.94. The standard InChI is InChI=1S/C17H12ClN2/c1-12-2-4-14(5-3-12)17-16(10-19-11-20-17)13-6-8-15(18)9-7-13/h2-10H,1H3. The minimum Gasteiger partial charge on any atom is -0.233 e. The quantitative estimate of drug-likeness (QED) is 0.686. The van der Waals surface area contributed by atoms with E-state index >= 15 is 0 Å². The Morgan fingerprint density at radius 2 is 1.55 bits per heavy atom. The number of hydrogen-bond acceptors (Lipinski definition) is 2. The molecule has 0 unspecified atom stereocenters. The maximum atomic E-state index is 5.94. The van der Waals surface area contributed by atoms with E-state index in [0.29, 0.717) is 5.02 Å². The van der Waals surface area contributed by atoms with Crippen LogP contribution < -0.4 is 0 Å². The molecule has 0 saturated heterocycles. The Labute approximate surface area is 123 Å². The lowest BCUT2D eigenvalue weighted by Gasteiger charge is -2.08. The van der Waals surface area contributed by atoms with Crippen LogP contribution in [0.4, 0.5) is 0 Å². The van der Waals surface area contributed by atoms with Crippen LogP contribution in [0, 0.1) is 13.3 Å². The summed E-state index contributed by atoms with van der Waals surface area (Å²) < 4.78 is 0. The second-order valence-electron chi connectivity index (χ2n) is 4.61. The van der Waals surface area contributed by atoms with Crippen LogP contribution in [0.3, 0.4) is 0 Å². The van der Waals surface area contributed by atoms with Crippen molar-refractivity contribution in [1.82, 2.24) is 9.97 Å². The minimum absolute atomic E-state index is 0.717. The van der Waals surface area contributed by atoms with Crippen molar-refractivity contribution in [2.24, 2.45) is 0 Å². The smallest absolute Gasteiger partial charge is 0.198 e. The maximum Gasteiger partial charge on any atom is 0.198 e. The molecule has 3 aromatic rings. The number of rotatable bonds is 2. The van der Waals surface area contributed by atoms with E-state index in [0.717, 1.165) is 22.4 Å². The Balaban J connectivity index is 2.13. The first kappa shape index (κ1) is 12.8. The van der Waals surface area contributed by atoms with Gasteiger partial charge in [0.25, 0.3) is 0 Å². The molecule has 3 rings (SSSR count). The Morgan fingerprint density at radius 1 is 0.900 bits per heavy atom. The van der Waals surface area contributed by atoms with Crippen molar-refractivity contribution in [1.29, 1.82) is 0 Å². The Kier molecular flexibility index (Phi) is 3.48. The van der Waals surface area contributed by atoms with Gasteiger partial charge in [-0.1, -0.05) is 53.6 Å². The molecular formula is C17H12ClN2. The molecule has 0 bridgehead atoms. The molecule has 1 radical (unpaired) electrons. The van der Waals surface area contributed by atoms with Crippen LogP contribution in [-0.2, 0) is 0 Å². The zero-order valence-corrected chi connectivity index (χ0v) is 11.7. The highest BCUT2D eigenvalue weighted by molar-refractivity contribution is 6.30. The number of hydrogen-bond donors (Lipinski definition) is 0.